The first-order valence-electron chi connectivity index (χ1n) is 8.16. The smallest absolute Gasteiger partial charge is 0.409 e. The molecule has 0 radical (unpaired) electrons. The molecule has 23 heavy (non-hydrogen) atoms. The number of rotatable bonds is 1. The summed E-state index contributed by atoms with van der Waals surface area (Å²) in [6, 6.07) is 6.30. The summed E-state index contributed by atoms with van der Waals surface area (Å²) < 4.78 is 5.18. The Bertz CT molecular complexity index is 690. The van der Waals surface area contributed by atoms with Crippen molar-refractivity contribution in [2.24, 2.45) is 0 Å². The molecule has 1 aromatic rings. The number of piperidine rings is 1. The third kappa shape index (κ3) is 1.93. The van der Waals surface area contributed by atoms with Crippen molar-refractivity contribution in [2.75, 3.05) is 36.5 Å². The van der Waals surface area contributed by atoms with Crippen LogP contribution in [0.3, 0.4) is 0 Å². The van der Waals surface area contributed by atoms with E-state index in [1.807, 2.05) is 19.1 Å². The number of nitrogens with zero attached hydrogens (tertiary/aromatic N) is 2. The number of likely N-dealkylation sites (tertiary alicyclic amines) is 1. The van der Waals surface area contributed by atoms with E-state index in [1.165, 1.54) is 5.56 Å². The number of hydrogen-bond acceptors (Lipinski definition) is 4. The van der Waals surface area contributed by atoms with Gasteiger partial charge in [0.15, 0.2) is 0 Å². The molecule has 3 aliphatic rings. The fourth-order valence-corrected chi connectivity index (χ4v) is 4.42. The Morgan fingerprint density at radius 2 is 2.30 bits per heavy atom. The Hall–Kier alpha value is -2.24. The highest BCUT2D eigenvalue weighted by Crippen LogP contribution is 2.52. The maximum atomic E-state index is 12.1. The number of benzene rings is 1. The van der Waals surface area contributed by atoms with Gasteiger partial charge in [-0.05, 0) is 25.0 Å². The SMILES string of the molecule is CCOC(=O)N1CCC2N3CC(=O)Nc4cccc(c43)[C@]2(C)C1. The molecule has 1 aromatic carbocycles. The van der Waals surface area contributed by atoms with Gasteiger partial charge < -0.3 is 19.9 Å². The Morgan fingerprint density at radius 1 is 1.48 bits per heavy atom. The summed E-state index contributed by atoms with van der Waals surface area (Å²) >= 11 is 0. The zero-order valence-electron chi connectivity index (χ0n) is 13.5. The van der Waals surface area contributed by atoms with Crippen molar-refractivity contribution in [1.82, 2.24) is 4.90 Å². The number of ether oxygens (including phenoxy) is 1. The Kier molecular flexibility index (Phi) is 3.04. The second-order valence-corrected chi connectivity index (χ2v) is 6.72. The van der Waals surface area contributed by atoms with E-state index in [2.05, 4.69) is 23.2 Å². The van der Waals surface area contributed by atoms with Gasteiger partial charge in [0, 0.05) is 24.5 Å². The zero-order chi connectivity index (χ0) is 16.2. The number of carbonyl (C=O) groups is 2. The number of fused-ring (bicyclic) bond motifs is 3. The van der Waals surface area contributed by atoms with Gasteiger partial charge in [-0.1, -0.05) is 19.1 Å². The Morgan fingerprint density at radius 3 is 3.09 bits per heavy atom. The van der Waals surface area contributed by atoms with E-state index < -0.39 is 0 Å². The van der Waals surface area contributed by atoms with Gasteiger partial charge >= 0.3 is 6.09 Å². The second-order valence-electron chi connectivity index (χ2n) is 6.72. The van der Waals surface area contributed by atoms with E-state index >= 15 is 0 Å². The number of para-hydroxylation sites is 1. The van der Waals surface area contributed by atoms with Crippen molar-refractivity contribution < 1.29 is 14.3 Å². The molecular weight excluding hydrogens is 294 g/mol. The standard InChI is InChI=1S/C17H21N3O3/c1-3-23-16(22)19-8-7-13-17(2,10-19)11-5-4-6-12-15(11)20(13)9-14(21)18-12/h4-6,13H,3,7-10H2,1-2H3,(H,18,21)/t13?,17-/m0/s1. The van der Waals surface area contributed by atoms with Gasteiger partial charge in [0.05, 0.1) is 24.5 Å². The van der Waals surface area contributed by atoms with Crippen molar-refractivity contribution >= 4 is 23.4 Å². The van der Waals surface area contributed by atoms with Crippen molar-refractivity contribution in [1.29, 1.82) is 0 Å². The summed E-state index contributed by atoms with van der Waals surface area (Å²) in [4.78, 5) is 28.2. The average Bonchev–Trinajstić information content (AvgIpc) is 2.77. The van der Waals surface area contributed by atoms with Gasteiger partial charge in [-0.3, -0.25) is 4.79 Å². The normalized spacial score (nSPS) is 28.1. The Labute approximate surface area is 135 Å². The van der Waals surface area contributed by atoms with Gasteiger partial charge in [-0.25, -0.2) is 4.79 Å². The number of anilines is 2. The minimum absolute atomic E-state index is 0.0340. The molecule has 6 nitrogen and oxygen atoms in total. The first-order valence-corrected chi connectivity index (χ1v) is 8.16. The van der Waals surface area contributed by atoms with Crippen LogP contribution in [-0.4, -0.2) is 49.2 Å². The minimum Gasteiger partial charge on any atom is -0.450 e. The van der Waals surface area contributed by atoms with Crippen LogP contribution in [0.4, 0.5) is 16.2 Å². The average molecular weight is 315 g/mol. The molecule has 0 spiro atoms. The van der Waals surface area contributed by atoms with Gasteiger partial charge in [0.2, 0.25) is 5.91 Å². The lowest BCUT2D eigenvalue weighted by Gasteiger charge is -2.45. The monoisotopic (exact) mass is 315 g/mol. The molecule has 3 aliphatic heterocycles. The lowest BCUT2D eigenvalue weighted by atomic mass is 9.74. The summed E-state index contributed by atoms with van der Waals surface area (Å²) in [5.41, 5.74) is 3.05. The Balaban J connectivity index is 1.74. The molecular formula is C17H21N3O3. The van der Waals surface area contributed by atoms with Crippen LogP contribution in [0.2, 0.25) is 0 Å². The van der Waals surface area contributed by atoms with E-state index in [9.17, 15) is 9.59 Å². The fourth-order valence-electron chi connectivity index (χ4n) is 4.42. The first-order chi connectivity index (χ1) is 11.0. The number of hydrogen-bond donors (Lipinski definition) is 1. The summed E-state index contributed by atoms with van der Waals surface area (Å²) in [7, 11) is 0. The molecule has 4 rings (SSSR count). The maximum absolute atomic E-state index is 12.1. The highest BCUT2D eigenvalue weighted by atomic mass is 16.6. The van der Waals surface area contributed by atoms with E-state index in [-0.39, 0.29) is 23.5 Å². The topological polar surface area (TPSA) is 61.9 Å². The lowest BCUT2D eigenvalue weighted by Crippen LogP contribution is -2.58. The molecule has 122 valence electrons. The van der Waals surface area contributed by atoms with Crippen molar-refractivity contribution in [2.45, 2.75) is 31.7 Å². The highest BCUT2D eigenvalue weighted by Gasteiger charge is 2.53. The van der Waals surface area contributed by atoms with Crippen molar-refractivity contribution in [3.05, 3.63) is 23.8 Å². The van der Waals surface area contributed by atoms with E-state index in [0.717, 1.165) is 17.8 Å². The molecule has 0 bridgehead atoms. The van der Waals surface area contributed by atoms with Crippen LogP contribution in [0.1, 0.15) is 25.8 Å². The molecule has 2 amide bonds. The molecule has 1 saturated heterocycles. The van der Waals surface area contributed by atoms with Crippen LogP contribution in [-0.2, 0) is 14.9 Å². The maximum Gasteiger partial charge on any atom is 0.409 e. The van der Waals surface area contributed by atoms with E-state index in [1.54, 1.807) is 4.90 Å². The minimum atomic E-state index is -0.243. The molecule has 1 N–H and O–H groups in total. The predicted molar refractivity (Wildman–Crippen MR) is 86.8 cm³/mol. The molecule has 2 atom stereocenters. The van der Waals surface area contributed by atoms with Gasteiger partial charge in [-0.2, -0.15) is 0 Å². The third-order valence-corrected chi connectivity index (χ3v) is 5.36. The molecule has 6 heteroatoms. The first kappa shape index (κ1) is 14.4. The molecule has 0 aromatic heterocycles. The van der Waals surface area contributed by atoms with Crippen LogP contribution in [0.15, 0.2) is 18.2 Å². The van der Waals surface area contributed by atoms with Gasteiger partial charge in [0.25, 0.3) is 0 Å². The van der Waals surface area contributed by atoms with Crippen LogP contribution >= 0.6 is 0 Å². The van der Waals surface area contributed by atoms with E-state index in [0.29, 0.717) is 26.2 Å². The van der Waals surface area contributed by atoms with Crippen molar-refractivity contribution in [3.63, 3.8) is 0 Å². The lowest BCUT2D eigenvalue weighted by molar-refractivity contribution is -0.115. The van der Waals surface area contributed by atoms with Crippen LogP contribution in [0.5, 0.6) is 0 Å². The molecule has 0 aliphatic carbocycles. The largest absolute Gasteiger partial charge is 0.450 e. The van der Waals surface area contributed by atoms with Crippen LogP contribution < -0.4 is 10.2 Å². The molecule has 1 unspecified atom stereocenters. The third-order valence-electron chi connectivity index (χ3n) is 5.36. The fraction of sp³-hybridized carbons (Fsp3) is 0.529. The van der Waals surface area contributed by atoms with Gasteiger partial charge in [-0.15, -0.1) is 0 Å². The molecule has 3 heterocycles. The summed E-state index contributed by atoms with van der Waals surface area (Å²) in [5.74, 6) is 0.0340. The zero-order valence-corrected chi connectivity index (χ0v) is 13.5. The number of amides is 2. The molecule has 1 fully saturated rings. The molecule has 0 saturated carbocycles. The summed E-state index contributed by atoms with van der Waals surface area (Å²) in [6.45, 7) is 6.09. The van der Waals surface area contributed by atoms with Crippen molar-refractivity contribution in [3.8, 4) is 0 Å². The van der Waals surface area contributed by atoms with Crippen LogP contribution in [0, 0.1) is 0 Å². The van der Waals surface area contributed by atoms with Gasteiger partial charge in [0.1, 0.15) is 0 Å². The van der Waals surface area contributed by atoms with E-state index in [4.69, 9.17) is 4.74 Å². The quantitative estimate of drug-likeness (QED) is 0.860. The number of nitrogens with one attached hydrogen (secondary N) is 1. The predicted octanol–water partition coefficient (Wildman–Crippen LogP) is 1.95. The number of carbonyl (C=O) groups excluding carboxylic acids is 2. The summed E-state index contributed by atoms with van der Waals surface area (Å²) in [6.07, 6.45) is 0.601. The highest BCUT2D eigenvalue weighted by molar-refractivity contribution is 6.03. The second kappa shape index (κ2) is 4.88. The van der Waals surface area contributed by atoms with Crippen LogP contribution in [0.25, 0.3) is 0 Å². The summed E-state index contributed by atoms with van der Waals surface area (Å²) in [5, 5.41) is 2.97.